The van der Waals surface area contributed by atoms with Gasteiger partial charge in [-0.05, 0) is 24.3 Å². The standard InChI is InChI=1S/C15H9F4NO/c16-12-4-2-1-3-11(12)14-20-13-6-5-10(15(17,18)19)7-9(13)8-21-14/h1-8,14H. The third kappa shape index (κ3) is 2.61. The van der Waals surface area contributed by atoms with Crippen molar-refractivity contribution in [2.24, 2.45) is 4.99 Å². The van der Waals surface area contributed by atoms with Crippen molar-refractivity contribution in [2.75, 3.05) is 0 Å². The van der Waals surface area contributed by atoms with E-state index in [4.69, 9.17) is 4.74 Å². The number of benzene rings is 2. The highest BCUT2D eigenvalue weighted by molar-refractivity contribution is 5.28. The van der Waals surface area contributed by atoms with E-state index in [-0.39, 0.29) is 10.8 Å². The Labute approximate surface area is 117 Å². The van der Waals surface area contributed by atoms with Gasteiger partial charge in [0.25, 0.3) is 0 Å². The molecule has 2 nitrogen and oxygen atoms in total. The molecular formula is C15H9F4NO. The second-order valence-corrected chi connectivity index (χ2v) is 4.53. The first-order chi connectivity index (χ1) is 9.95. The van der Waals surface area contributed by atoms with Crippen LogP contribution in [0, 0.1) is 5.82 Å². The van der Waals surface area contributed by atoms with E-state index in [1.54, 1.807) is 6.07 Å². The van der Waals surface area contributed by atoms with Crippen LogP contribution in [0.1, 0.15) is 17.4 Å². The van der Waals surface area contributed by atoms with E-state index in [1.165, 1.54) is 30.5 Å². The number of hydrogen-bond donors (Lipinski definition) is 0. The summed E-state index contributed by atoms with van der Waals surface area (Å²) in [6.07, 6.45) is -4.14. The Bertz CT molecular complexity index is 798. The fraction of sp³-hybridized carbons (Fsp3) is 0.133. The average Bonchev–Trinajstić information content (AvgIpc) is 2.46. The van der Waals surface area contributed by atoms with E-state index in [0.29, 0.717) is 5.36 Å². The molecule has 0 amide bonds. The lowest BCUT2D eigenvalue weighted by Gasteiger charge is -2.16. The summed E-state index contributed by atoms with van der Waals surface area (Å²) in [7, 11) is 0. The van der Waals surface area contributed by atoms with Crippen LogP contribution in [0.3, 0.4) is 0 Å². The van der Waals surface area contributed by atoms with Crippen LogP contribution in [-0.4, -0.2) is 0 Å². The molecule has 1 atom stereocenters. The largest absolute Gasteiger partial charge is 0.471 e. The SMILES string of the molecule is Fc1ccccc1C1N=c2ccc(C(F)(F)F)cc2=CO1. The van der Waals surface area contributed by atoms with Gasteiger partial charge in [0.05, 0.1) is 22.7 Å². The van der Waals surface area contributed by atoms with Crippen LogP contribution in [0.2, 0.25) is 0 Å². The Morgan fingerprint density at radius 1 is 1.05 bits per heavy atom. The van der Waals surface area contributed by atoms with E-state index in [2.05, 4.69) is 4.99 Å². The number of fused-ring (bicyclic) bond motifs is 1. The van der Waals surface area contributed by atoms with Crippen LogP contribution in [0.25, 0.3) is 6.26 Å². The lowest BCUT2D eigenvalue weighted by Crippen LogP contribution is -2.31. The molecule has 0 saturated carbocycles. The first kappa shape index (κ1) is 13.6. The molecule has 0 aromatic heterocycles. The highest BCUT2D eigenvalue weighted by atomic mass is 19.4. The molecule has 1 unspecified atom stereocenters. The highest BCUT2D eigenvalue weighted by Crippen LogP contribution is 2.28. The zero-order valence-electron chi connectivity index (χ0n) is 10.6. The maximum absolute atomic E-state index is 13.7. The molecule has 108 valence electrons. The third-order valence-corrected chi connectivity index (χ3v) is 3.11. The molecule has 0 fully saturated rings. The molecule has 3 rings (SSSR count). The van der Waals surface area contributed by atoms with Gasteiger partial charge in [0.1, 0.15) is 5.82 Å². The summed E-state index contributed by atoms with van der Waals surface area (Å²) in [5, 5.41) is 0.555. The third-order valence-electron chi connectivity index (χ3n) is 3.11. The fourth-order valence-corrected chi connectivity index (χ4v) is 2.06. The van der Waals surface area contributed by atoms with Crippen molar-refractivity contribution >= 4 is 6.26 Å². The summed E-state index contributed by atoms with van der Waals surface area (Å²) in [5.41, 5.74) is -0.542. The maximum Gasteiger partial charge on any atom is 0.416 e. The van der Waals surface area contributed by atoms with Crippen LogP contribution in [0.15, 0.2) is 47.5 Å². The van der Waals surface area contributed by atoms with E-state index < -0.39 is 23.8 Å². The van der Waals surface area contributed by atoms with Gasteiger partial charge in [0.15, 0.2) is 0 Å². The topological polar surface area (TPSA) is 21.6 Å². The average molecular weight is 295 g/mol. The van der Waals surface area contributed by atoms with Gasteiger partial charge < -0.3 is 4.74 Å². The Morgan fingerprint density at radius 2 is 1.81 bits per heavy atom. The van der Waals surface area contributed by atoms with Crippen LogP contribution in [0.4, 0.5) is 17.6 Å². The van der Waals surface area contributed by atoms with Crippen molar-refractivity contribution < 1.29 is 22.3 Å². The summed E-state index contributed by atoms with van der Waals surface area (Å²) in [6.45, 7) is 0. The summed E-state index contributed by atoms with van der Waals surface area (Å²) >= 11 is 0. The maximum atomic E-state index is 13.7. The number of halogens is 4. The number of nitrogens with zero attached hydrogens (tertiary/aromatic N) is 1. The summed E-state index contributed by atoms with van der Waals surface area (Å²) in [4.78, 5) is 4.14. The molecule has 2 aromatic carbocycles. The van der Waals surface area contributed by atoms with Crippen molar-refractivity contribution in [1.29, 1.82) is 0 Å². The Hall–Kier alpha value is -2.37. The van der Waals surface area contributed by atoms with Gasteiger partial charge in [-0.15, -0.1) is 0 Å². The van der Waals surface area contributed by atoms with Crippen LogP contribution in [0.5, 0.6) is 0 Å². The van der Waals surface area contributed by atoms with Gasteiger partial charge >= 0.3 is 6.18 Å². The lowest BCUT2D eigenvalue weighted by molar-refractivity contribution is -0.137. The van der Waals surface area contributed by atoms with E-state index in [1.807, 2.05) is 0 Å². The van der Waals surface area contributed by atoms with Gasteiger partial charge in [0, 0.05) is 5.22 Å². The molecule has 1 aliphatic rings. The molecule has 0 spiro atoms. The molecule has 1 heterocycles. The molecule has 2 aromatic rings. The van der Waals surface area contributed by atoms with Gasteiger partial charge in [-0.1, -0.05) is 18.2 Å². The van der Waals surface area contributed by atoms with E-state index >= 15 is 0 Å². The first-order valence-electron chi connectivity index (χ1n) is 6.10. The summed E-state index contributed by atoms with van der Waals surface area (Å²) < 4.78 is 56.8. The summed E-state index contributed by atoms with van der Waals surface area (Å²) in [6, 6.07) is 9.12. The second-order valence-electron chi connectivity index (χ2n) is 4.53. The molecule has 1 aliphatic heterocycles. The van der Waals surface area contributed by atoms with Crippen molar-refractivity contribution in [3.8, 4) is 0 Å². The van der Waals surface area contributed by atoms with Gasteiger partial charge in [0.2, 0.25) is 6.23 Å². The number of alkyl halides is 3. The summed E-state index contributed by atoms with van der Waals surface area (Å²) in [5.74, 6) is -0.477. The molecule has 0 saturated heterocycles. The lowest BCUT2D eigenvalue weighted by atomic mass is 10.1. The second kappa shape index (κ2) is 4.87. The molecule has 0 aliphatic carbocycles. The molecule has 0 bridgehead atoms. The minimum Gasteiger partial charge on any atom is -0.471 e. The Balaban J connectivity index is 2.05. The van der Waals surface area contributed by atoms with Gasteiger partial charge in [-0.3, -0.25) is 0 Å². The van der Waals surface area contributed by atoms with Crippen molar-refractivity contribution in [3.05, 3.63) is 70.0 Å². The minimum atomic E-state index is -4.43. The van der Waals surface area contributed by atoms with E-state index in [9.17, 15) is 17.6 Å². The normalized spacial score (nSPS) is 17.2. The number of ether oxygens (including phenoxy) is 1. The zero-order valence-corrected chi connectivity index (χ0v) is 10.6. The molecule has 0 radical (unpaired) electrons. The van der Waals surface area contributed by atoms with Crippen LogP contribution < -0.4 is 10.6 Å². The molecule has 21 heavy (non-hydrogen) atoms. The molecule has 0 N–H and O–H groups in total. The zero-order chi connectivity index (χ0) is 15.0. The van der Waals surface area contributed by atoms with Crippen molar-refractivity contribution in [1.82, 2.24) is 0 Å². The fourth-order valence-electron chi connectivity index (χ4n) is 2.06. The van der Waals surface area contributed by atoms with Crippen molar-refractivity contribution in [2.45, 2.75) is 12.4 Å². The van der Waals surface area contributed by atoms with Gasteiger partial charge in [-0.2, -0.15) is 13.2 Å². The predicted octanol–water partition coefficient (Wildman–Crippen LogP) is 2.93. The Morgan fingerprint density at radius 3 is 2.52 bits per heavy atom. The quantitative estimate of drug-likeness (QED) is 0.741. The first-order valence-corrected chi connectivity index (χ1v) is 6.10. The molecular weight excluding hydrogens is 286 g/mol. The molecule has 6 heteroatoms. The van der Waals surface area contributed by atoms with Gasteiger partial charge in [-0.25, -0.2) is 9.38 Å². The van der Waals surface area contributed by atoms with Crippen LogP contribution in [-0.2, 0) is 10.9 Å². The van der Waals surface area contributed by atoms with Crippen LogP contribution >= 0.6 is 0 Å². The number of rotatable bonds is 1. The van der Waals surface area contributed by atoms with E-state index in [0.717, 1.165) is 12.1 Å². The number of hydrogen-bond acceptors (Lipinski definition) is 2. The van der Waals surface area contributed by atoms with Crippen molar-refractivity contribution in [3.63, 3.8) is 0 Å². The highest BCUT2D eigenvalue weighted by Gasteiger charge is 2.30. The monoisotopic (exact) mass is 295 g/mol. The minimum absolute atomic E-state index is 0.220. The predicted molar refractivity (Wildman–Crippen MR) is 66.9 cm³/mol. The Kier molecular flexibility index (Phi) is 3.16. The smallest absolute Gasteiger partial charge is 0.416 e.